The number of hydrogen-bond donors (Lipinski definition) is 2. The van der Waals surface area contributed by atoms with E-state index in [1.165, 1.54) is 29.5 Å². The summed E-state index contributed by atoms with van der Waals surface area (Å²) >= 11 is 13.3. The molecule has 8 nitrogen and oxygen atoms in total. The van der Waals surface area contributed by atoms with Gasteiger partial charge in [0.25, 0.3) is 0 Å². The molecular formula is C25H22Cl2N2O6S2. The molecule has 0 radical (unpaired) electrons. The second kappa shape index (κ2) is 11.3. The second-order valence-corrected chi connectivity index (χ2v) is 12.2. The number of amides is 1. The number of carbonyl (C=O) groups is 3. The molecule has 194 valence electrons. The summed E-state index contributed by atoms with van der Waals surface area (Å²) in [6, 6.07) is 10.5. The number of carboxylic acids is 1. The minimum absolute atomic E-state index is 0.00506. The molecule has 0 spiro atoms. The molecule has 2 N–H and O–H groups in total. The molecule has 2 aromatic carbocycles. The third kappa shape index (κ3) is 6.05. The van der Waals surface area contributed by atoms with Gasteiger partial charge in [-0.1, -0.05) is 47.5 Å². The third-order valence-corrected chi connectivity index (χ3v) is 9.24. The number of carboxylic acid groups (broad SMARTS) is 1. The molecule has 1 amide bonds. The molecule has 2 atom stereocenters. The van der Waals surface area contributed by atoms with Crippen LogP contribution in [0, 0.1) is 0 Å². The van der Waals surface area contributed by atoms with E-state index in [-0.39, 0.29) is 34.3 Å². The molecule has 3 aromatic rings. The van der Waals surface area contributed by atoms with Gasteiger partial charge < -0.3 is 10.4 Å². The zero-order chi connectivity index (χ0) is 26.7. The van der Waals surface area contributed by atoms with Crippen LogP contribution in [0.2, 0.25) is 10.0 Å². The van der Waals surface area contributed by atoms with Crippen molar-refractivity contribution in [2.75, 3.05) is 6.54 Å². The molecule has 4 rings (SSSR count). The summed E-state index contributed by atoms with van der Waals surface area (Å²) in [5, 5.41) is 14.4. The first kappa shape index (κ1) is 27.3. The smallest absolute Gasteiger partial charge is 0.326 e. The van der Waals surface area contributed by atoms with Crippen LogP contribution in [0.15, 0.2) is 58.8 Å². The highest BCUT2D eigenvalue weighted by Gasteiger charge is 2.40. The van der Waals surface area contributed by atoms with Crippen molar-refractivity contribution in [3.63, 3.8) is 0 Å². The molecule has 0 aliphatic carbocycles. The van der Waals surface area contributed by atoms with Crippen molar-refractivity contribution in [3.8, 4) is 11.1 Å². The van der Waals surface area contributed by atoms with Crippen LogP contribution in [0.25, 0.3) is 11.1 Å². The van der Waals surface area contributed by atoms with Gasteiger partial charge in [0.05, 0.1) is 9.77 Å². The van der Waals surface area contributed by atoms with E-state index < -0.39 is 34.0 Å². The minimum Gasteiger partial charge on any atom is -0.480 e. The molecule has 1 aliphatic heterocycles. The highest BCUT2D eigenvalue weighted by molar-refractivity contribution is 7.89. The van der Waals surface area contributed by atoms with Gasteiger partial charge >= 0.3 is 5.97 Å². The molecule has 1 fully saturated rings. The lowest BCUT2D eigenvalue weighted by atomic mass is 10.0. The van der Waals surface area contributed by atoms with Crippen LogP contribution in [0.3, 0.4) is 0 Å². The maximum atomic E-state index is 13.2. The van der Waals surface area contributed by atoms with E-state index in [0.29, 0.717) is 16.9 Å². The summed E-state index contributed by atoms with van der Waals surface area (Å²) in [4.78, 5) is 36.7. The van der Waals surface area contributed by atoms with Crippen LogP contribution in [0.1, 0.15) is 28.1 Å². The molecule has 37 heavy (non-hydrogen) atoms. The van der Waals surface area contributed by atoms with Crippen LogP contribution in [0.5, 0.6) is 0 Å². The summed E-state index contributed by atoms with van der Waals surface area (Å²) < 4.78 is 27.5. The van der Waals surface area contributed by atoms with E-state index in [0.717, 1.165) is 21.7 Å². The van der Waals surface area contributed by atoms with Gasteiger partial charge in [0.1, 0.15) is 12.1 Å². The standard InChI is InChI=1S/C25H22Cl2N2O6S2/c26-17-11-18(27)13-19(12-17)37(34,35)29-8-1-2-22(29)24(31)28-21(25(32)33)10-15-3-5-16(6-4-15)20-7-9-36-23(20)14-30/h3-7,9,11-14,21-22H,1-2,8,10H2,(H,28,31)(H,32,33)/t21-,22-/m0/s1. The maximum Gasteiger partial charge on any atom is 0.326 e. The molecule has 2 heterocycles. The van der Waals surface area contributed by atoms with Crippen molar-refractivity contribution >= 4 is 62.7 Å². The van der Waals surface area contributed by atoms with Crippen molar-refractivity contribution in [3.05, 3.63) is 74.4 Å². The van der Waals surface area contributed by atoms with Gasteiger partial charge in [-0.2, -0.15) is 4.31 Å². The van der Waals surface area contributed by atoms with E-state index in [9.17, 15) is 27.9 Å². The molecule has 12 heteroatoms. The number of thiophene rings is 1. The van der Waals surface area contributed by atoms with Crippen LogP contribution < -0.4 is 5.32 Å². The molecule has 0 saturated carbocycles. The van der Waals surface area contributed by atoms with Crippen molar-refractivity contribution in [1.82, 2.24) is 9.62 Å². The van der Waals surface area contributed by atoms with Crippen molar-refractivity contribution in [2.45, 2.75) is 36.2 Å². The lowest BCUT2D eigenvalue weighted by molar-refractivity contribution is -0.142. The van der Waals surface area contributed by atoms with E-state index in [4.69, 9.17) is 23.2 Å². The van der Waals surface area contributed by atoms with Gasteiger partial charge in [-0.3, -0.25) is 9.59 Å². The first-order valence-corrected chi connectivity index (χ1v) is 14.3. The Labute approximate surface area is 227 Å². The quantitative estimate of drug-likeness (QED) is 0.359. The highest BCUT2D eigenvalue weighted by atomic mass is 35.5. The number of sulfonamides is 1. The Morgan fingerprint density at radius 1 is 1.14 bits per heavy atom. The number of nitrogens with zero attached hydrogens (tertiary/aromatic N) is 1. The van der Waals surface area contributed by atoms with E-state index >= 15 is 0 Å². The lowest BCUT2D eigenvalue weighted by Gasteiger charge is -2.25. The molecule has 0 bridgehead atoms. The number of rotatable bonds is 9. The molecule has 1 saturated heterocycles. The Balaban J connectivity index is 1.49. The van der Waals surface area contributed by atoms with Gasteiger partial charge in [-0.15, -0.1) is 11.3 Å². The predicted octanol–water partition coefficient (Wildman–Crippen LogP) is 4.50. The Hall–Kier alpha value is -2.76. The Kier molecular flexibility index (Phi) is 8.35. The number of nitrogens with one attached hydrogen (secondary N) is 1. The predicted molar refractivity (Wildman–Crippen MR) is 142 cm³/mol. The molecule has 1 aliphatic rings. The number of benzene rings is 2. The number of aliphatic carboxylic acids is 1. The number of hydrogen-bond acceptors (Lipinski definition) is 6. The zero-order valence-electron chi connectivity index (χ0n) is 19.3. The topological polar surface area (TPSA) is 121 Å². The minimum atomic E-state index is -4.09. The number of aldehydes is 1. The lowest BCUT2D eigenvalue weighted by Crippen LogP contribution is -2.51. The van der Waals surface area contributed by atoms with E-state index in [1.807, 2.05) is 11.4 Å². The summed E-state index contributed by atoms with van der Waals surface area (Å²) in [6.45, 7) is 0.106. The highest BCUT2D eigenvalue weighted by Crippen LogP contribution is 2.30. The summed E-state index contributed by atoms with van der Waals surface area (Å²) in [5.74, 6) is -1.93. The zero-order valence-corrected chi connectivity index (χ0v) is 22.4. The third-order valence-electron chi connectivity index (χ3n) is 6.07. The van der Waals surface area contributed by atoms with Crippen LogP contribution in [0.4, 0.5) is 0 Å². The SMILES string of the molecule is O=Cc1sccc1-c1ccc(C[C@H](NC(=O)[C@@H]2CCCN2S(=O)(=O)c2cc(Cl)cc(Cl)c2)C(=O)O)cc1. The second-order valence-electron chi connectivity index (χ2n) is 8.50. The summed E-state index contributed by atoms with van der Waals surface area (Å²) in [5.41, 5.74) is 2.26. The van der Waals surface area contributed by atoms with Gasteiger partial charge in [0.2, 0.25) is 15.9 Å². The monoisotopic (exact) mass is 580 g/mol. The first-order chi connectivity index (χ1) is 17.6. The Morgan fingerprint density at radius 2 is 1.81 bits per heavy atom. The fraction of sp³-hybridized carbons (Fsp3) is 0.240. The van der Waals surface area contributed by atoms with Crippen molar-refractivity contribution in [1.29, 1.82) is 0 Å². The van der Waals surface area contributed by atoms with Crippen molar-refractivity contribution < 1.29 is 27.9 Å². The molecule has 1 aromatic heterocycles. The molecule has 0 unspecified atom stereocenters. The number of halogens is 2. The first-order valence-electron chi connectivity index (χ1n) is 11.2. The normalized spacial score (nSPS) is 16.9. The van der Waals surface area contributed by atoms with Gasteiger partial charge in [0.15, 0.2) is 6.29 Å². The van der Waals surface area contributed by atoms with Crippen molar-refractivity contribution in [2.24, 2.45) is 0 Å². The fourth-order valence-electron chi connectivity index (χ4n) is 4.28. The average molecular weight is 581 g/mol. The van der Waals surface area contributed by atoms with E-state index in [2.05, 4.69) is 5.32 Å². The largest absolute Gasteiger partial charge is 0.480 e. The van der Waals surface area contributed by atoms with Crippen LogP contribution in [-0.4, -0.2) is 54.6 Å². The van der Waals surface area contributed by atoms with Gasteiger partial charge in [-0.25, -0.2) is 13.2 Å². The Morgan fingerprint density at radius 3 is 2.43 bits per heavy atom. The Bertz CT molecular complexity index is 1420. The van der Waals surface area contributed by atoms with Crippen LogP contribution in [-0.2, 0) is 26.0 Å². The summed E-state index contributed by atoms with van der Waals surface area (Å²) in [6.07, 6.45) is 1.47. The molecular weight excluding hydrogens is 559 g/mol. The summed E-state index contributed by atoms with van der Waals surface area (Å²) in [7, 11) is -4.09. The fourth-order valence-corrected chi connectivity index (χ4v) is 7.38. The van der Waals surface area contributed by atoms with Gasteiger partial charge in [0, 0.05) is 28.6 Å². The average Bonchev–Trinajstić information content (AvgIpc) is 3.53. The maximum absolute atomic E-state index is 13.2. The number of carbonyl (C=O) groups excluding carboxylic acids is 2. The van der Waals surface area contributed by atoms with E-state index in [1.54, 1.807) is 24.3 Å². The van der Waals surface area contributed by atoms with Crippen LogP contribution >= 0.6 is 34.5 Å². The van der Waals surface area contributed by atoms with Gasteiger partial charge in [-0.05, 0) is 53.6 Å².